The van der Waals surface area contributed by atoms with Crippen LogP contribution in [-0.2, 0) is 4.79 Å². The molecule has 114 valence electrons. The summed E-state index contributed by atoms with van der Waals surface area (Å²) in [6.45, 7) is 0. The molecule has 0 unspecified atom stereocenters. The maximum atomic E-state index is 13.6. The Balaban J connectivity index is 1.89. The zero-order valence-electron chi connectivity index (χ0n) is 11.4. The number of ketones is 1. The summed E-state index contributed by atoms with van der Waals surface area (Å²) in [6.07, 6.45) is -0.110. The van der Waals surface area contributed by atoms with Crippen LogP contribution in [0, 0.1) is 11.6 Å². The van der Waals surface area contributed by atoms with Gasteiger partial charge in [-0.05, 0) is 42.5 Å². The fraction of sp³-hybridized carbons (Fsp3) is 0.125. The first kappa shape index (κ1) is 16.3. The molecule has 0 aliphatic heterocycles. The van der Waals surface area contributed by atoms with Crippen LogP contribution in [-0.4, -0.2) is 11.7 Å². The van der Waals surface area contributed by atoms with E-state index in [1.165, 1.54) is 36.4 Å². The molecule has 22 heavy (non-hydrogen) atoms. The minimum absolute atomic E-state index is 0.0321. The van der Waals surface area contributed by atoms with Crippen molar-refractivity contribution in [3.05, 3.63) is 64.1 Å². The minimum Gasteiger partial charge on any atom is -0.324 e. The lowest BCUT2D eigenvalue weighted by atomic mass is 10.1. The van der Waals surface area contributed by atoms with Crippen LogP contribution in [0.1, 0.15) is 23.2 Å². The Hall–Kier alpha value is -2.08. The Kier molecular flexibility index (Phi) is 5.38. The standard InChI is InChI=1S/C16H12BrF2NO2/c17-11-3-6-14(13(19)9-11)20-16(22)8-7-15(21)10-1-4-12(18)5-2-10/h1-6,9H,7-8H2,(H,20,22). The summed E-state index contributed by atoms with van der Waals surface area (Å²) in [7, 11) is 0. The highest BCUT2D eigenvalue weighted by Crippen LogP contribution is 2.19. The fourth-order valence-electron chi connectivity index (χ4n) is 1.81. The summed E-state index contributed by atoms with van der Waals surface area (Å²) in [5, 5.41) is 2.41. The van der Waals surface area contributed by atoms with Gasteiger partial charge in [0, 0.05) is 22.9 Å². The first-order valence-electron chi connectivity index (χ1n) is 6.49. The predicted octanol–water partition coefficient (Wildman–Crippen LogP) is 4.33. The number of Topliss-reactive ketones (excluding diaryl/α,β-unsaturated/α-hetero) is 1. The van der Waals surface area contributed by atoms with Crippen molar-refractivity contribution in [2.24, 2.45) is 0 Å². The number of benzene rings is 2. The van der Waals surface area contributed by atoms with Crippen LogP contribution in [0.25, 0.3) is 0 Å². The van der Waals surface area contributed by atoms with Crippen LogP contribution >= 0.6 is 15.9 Å². The van der Waals surface area contributed by atoms with Crippen molar-refractivity contribution in [2.45, 2.75) is 12.8 Å². The number of anilines is 1. The Bertz CT molecular complexity index is 702. The van der Waals surface area contributed by atoms with Crippen molar-refractivity contribution >= 4 is 33.3 Å². The molecule has 0 atom stereocenters. The zero-order chi connectivity index (χ0) is 16.1. The quantitative estimate of drug-likeness (QED) is 0.799. The molecule has 1 N–H and O–H groups in total. The highest BCUT2D eigenvalue weighted by atomic mass is 79.9. The smallest absolute Gasteiger partial charge is 0.224 e. The summed E-state index contributed by atoms with van der Waals surface area (Å²) < 4.78 is 26.9. The van der Waals surface area contributed by atoms with Gasteiger partial charge in [0.15, 0.2) is 5.78 Å². The molecule has 1 amide bonds. The Morgan fingerprint density at radius 1 is 1.00 bits per heavy atom. The highest BCUT2D eigenvalue weighted by molar-refractivity contribution is 9.10. The number of hydrogen-bond donors (Lipinski definition) is 1. The summed E-state index contributed by atoms with van der Waals surface area (Å²) >= 11 is 3.12. The highest BCUT2D eigenvalue weighted by Gasteiger charge is 2.11. The minimum atomic E-state index is -0.562. The lowest BCUT2D eigenvalue weighted by Crippen LogP contribution is -2.14. The third kappa shape index (κ3) is 4.46. The van der Waals surface area contributed by atoms with Crippen LogP contribution < -0.4 is 5.32 Å². The van der Waals surface area contributed by atoms with Crippen LogP contribution in [0.4, 0.5) is 14.5 Å². The van der Waals surface area contributed by atoms with Crippen molar-refractivity contribution in [1.29, 1.82) is 0 Å². The van der Waals surface area contributed by atoms with E-state index in [0.717, 1.165) is 0 Å². The van der Waals surface area contributed by atoms with Gasteiger partial charge in [0.1, 0.15) is 11.6 Å². The first-order valence-corrected chi connectivity index (χ1v) is 7.28. The molecule has 0 bridgehead atoms. The molecule has 2 aromatic rings. The van der Waals surface area contributed by atoms with Crippen molar-refractivity contribution in [1.82, 2.24) is 0 Å². The predicted molar refractivity (Wildman–Crippen MR) is 82.7 cm³/mol. The normalized spacial score (nSPS) is 10.3. The van der Waals surface area contributed by atoms with Crippen LogP contribution in [0.15, 0.2) is 46.9 Å². The second kappa shape index (κ2) is 7.26. The first-order chi connectivity index (χ1) is 10.5. The molecule has 0 saturated carbocycles. The third-order valence-electron chi connectivity index (χ3n) is 2.95. The van der Waals surface area contributed by atoms with Crippen LogP contribution in [0.5, 0.6) is 0 Å². The lowest BCUT2D eigenvalue weighted by molar-refractivity contribution is -0.116. The van der Waals surface area contributed by atoms with Crippen LogP contribution in [0.2, 0.25) is 0 Å². The number of carbonyl (C=O) groups excluding carboxylic acids is 2. The average Bonchev–Trinajstić information content (AvgIpc) is 2.48. The van der Waals surface area contributed by atoms with Gasteiger partial charge in [0.2, 0.25) is 5.91 Å². The van der Waals surface area contributed by atoms with Gasteiger partial charge in [-0.1, -0.05) is 15.9 Å². The number of amides is 1. The largest absolute Gasteiger partial charge is 0.324 e. The molecule has 0 heterocycles. The third-order valence-corrected chi connectivity index (χ3v) is 3.44. The van der Waals surface area contributed by atoms with E-state index in [1.807, 2.05) is 0 Å². The second-order valence-electron chi connectivity index (χ2n) is 4.60. The summed E-state index contributed by atoms with van der Waals surface area (Å²) in [4.78, 5) is 23.6. The number of halogens is 3. The van der Waals surface area contributed by atoms with Gasteiger partial charge in [0.05, 0.1) is 5.69 Å². The number of nitrogens with one attached hydrogen (secondary N) is 1. The molecule has 0 fully saturated rings. The maximum absolute atomic E-state index is 13.6. The Morgan fingerprint density at radius 3 is 2.32 bits per heavy atom. The van der Waals surface area contributed by atoms with E-state index >= 15 is 0 Å². The van der Waals surface area contributed by atoms with Gasteiger partial charge in [-0.2, -0.15) is 0 Å². The average molecular weight is 368 g/mol. The van der Waals surface area contributed by atoms with Crippen LogP contribution in [0.3, 0.4) is 0 Å². The van der Waals surface area contributed by atoms with Crippen molar-refractivity contribution < 1.29 is 18.4 Å². The summed E-state index contributed by atoms with van der Waals surface area (Å²) in [5.41, 5.74) is 0.395. The van der Waals surface area contributed by atoms with E-state index in [9.17, 15) is 18.4 Å². The maximum Gasteiger partial charge on any atom is 0.224 e. The molecule has 2 rings (SSSR count). The van der Waals surface area contributed by atoms with Crippen molar-refractivity contribution in [2.75, 3.05) is 5.32 Å². The number of carbonyl (C=O) groups is 2. The summed E-state index contributed by atoms with van der Waals surface area (Å²) in [5.74, 6) is -1.73. The molecule has 0 aliphatic carbocycles. The van der Waals surface area contributed by atoms with E-state index in [-0.39, 0.29) is 24.3 Å². The summed E-state index contributed by atoms with van der Waals surface area (Å²) in [6, 6.07) is 9.36. The fourth-order valence-corrected chi connectivity index (χ4v) is 2.14. The van der Waals surface area contributed by atoms with Gasteiger partial charge >= 0.3 is 0 Å². The van der Waals surface area contributed by atoms with Gasteiger partial charge in [-0.15, -0.1) is 0 Å². The van der Waals surface area contributed by atoms with E-state index in [1.54, 1.807) is 6.07 Å². The lowest BCUT2D eigenvalue weighted by Gasteiger charge is -2.06. The molecule has 3 nitrogen and oxygen atoms in total. The SMILES string of the molecule is O=C(CCC(=O)c1ccc(F)cc1)Nc1ccc(Br)cc1F. The molecule has 2 aromatic carbocycles. The topological polar surface area (TPSA) is 46.2 Å². The number of hydrogen-bond acceptors (Lipinski definition) is 2. The zero-order valence-corrected chi connectivity index (χ0v) is 13.0. The molecule has 0 aromatic heterocycles. The van der Waals surface area contributed by atoms with Gasteiger partial charge in [-0.25, -0.2) is 8.78 Å². The molecule has 0 aliphatic rings. The monoisotopic (exact) mass is 367 g/mol. The molecular weight excluding hydrogens is 356 g/mol. The number of rotatable bonds is 5. The van der Waals surface area contributed by atoms with Crippen molar-refractivity contribution in [3.8, 4) is 0 Å². The molecular formula is C16H12BrF2NO2. The molecule has 0 spiro atoms. The second-order valence-corrected chi connectivity index (χ2v) is 5.52. The Labute approximate surface area is 134 Å². The van der Waals surface area contributed by atoms with Gasteiger partial charge < -0.3 is 5.32 Å². The van der Waals surface area contributed by atoms with E-state index in [4.69, 9.17) is 0 Å². The Morgan fingerprint density at radius 2 is 1.68 bits per heavy atom. The van der Waals surface area contributed by atoms with Crippen molar-refractivity contribution in [3.63, 3.8) is 0 Å². The van der Waals surface area contributed by atoms with E-state index in [2.05, 4.69) is 21.2 Å². The van der Waals surface area contributed by atoms with Gasteiger partial charge in [0.25, 0.3) is 0 Å². The van der Waals surface area contributed by atoms with E-state index < -0.39 is 17.5 Å². The van der Waals surface area contributed by atoms with E-state index in [0.29, 0.717) is 10.0 Å². The molecule has 6 heteroatoms. The molecule has 0 saturated heterocycles. The molecule has 0 radical (unpaired) electrons. The van der Waals surface area contributed by atoms with Gasteiger partial charge in [-0.3, -0.25) is 9.59 Å².